The van der Waals surface area contributed by atoms with Gasteiger partial charge in [0.15, 0.2) is 6.10 Å². The van der Waals surface area contributed by atoms with Crippen LogP contribution in [0.15, 0.2) is 24.3 Å². The highest BCUT2D eigenvalue weighted by Crippen LogP contribution is 2.18. The van der Waals surface area contributed by atoms with E-state index in [1.54, 1.807) is 39.8 Å². The van der Waals surface area contributed by atoms with Crippen molar-refractivity contribution in [3.05, 3.63) is 29.8 Å². The predicted molar refractivity (Wildman–Crippen MR) is 111 cm³/mol. The van der Waals surface area contributed by atoms with Crippen LogP contribution in [0, 0.1) is 0 Å². The highest BCUT2D eigenvalue weighted by Gasteiger charge is 2.22. The molecule has 0 saturated heterocycles. The molecule has 160 valence electrons. The van der Waals surface area contributed by atoms with Crippen LogP contribution in [0.2, 0.25) is 0 Å². The third kappa shape index (κ3) is 8.13. The molecule has 1 aliphatic carbocycles. The van der Waals surface area contributed by atoms with E-state index < -0.39 is 23.8 Å². The molecular formula is C22H32N2O5. The van der Waals surface area contributed by atoms with Crippen LogP contribution < -0.4 is 10.6 Å². The number of hydrogen-bond donors (Lipinski definition) is 2. The monoisotopic (exact) mass is 404 g/mol. The molecule has 0 aliphatic heterocycles. The van der Waals surface area contributed by atoms with E-state index in [9.17, 15) is 14.4 Å². The predicted octanol–water partition coefficient (Wildman–Crippen LogP) is 4.42. The quantitative estimate of drug-likeness (QED) is 0.560. The molecule has 1 aliphatic rings. The zero-order chi connectivity index (χ0) is 21.4. The first-order chi connectivity index (χ1) is 13.6. The van der Waals surface area contributed by atoms with E-state index in [4.69, 9.17) is 9.47 Å². The molecule has 7 heteroatoms. The van der Waals surface area contributed by atoms with Crippen LogP contribution in [-0.4, -0.2) is 35.7 Å². The second-order valence-electron chi connectivity index (χ2n) is 8.45. The number of rotatable bonds is 5. The number of carbonyl (C=O) groups is 3. The van der Waals surface area contributed by atoms with Gasteiger partial charge in [-0.05, 0) is 64.8 Å². The van der Waals surface area contributed by atoms with Gasteiger partial charge in [0.2, 0.25) is 0 Å². The molecule has 29 heavy (non-hydrogen) atoms. The molecule has 1 aromatic carbocycles. The molecule has 1 saturated carbocycles. The molecule has 0 aromatic heterocycles. The molecule has 2 N–H and O–H groups in total. The Hall–Kier alpha value is -2.57. The standard InChI is InChI=1S/C22H32N2O5/c1-15(19(25)23-17-9-7-5-6-8-10-17)28-20(26)16-11-13-18(14-12-16)24-21(27)29-22(2,3)4/h11-15,17H,5-10H2,1-4H3,(H,23,25)(H,24,27)/t15-/m1/s1. The van der Waals surface area contributed by atoms with Crippen molar-refractivity contribution in [1.29, 1.82) is 0 Å². The van der Waals surface area contributed by atoms with Crippen molar-refractivity contribution in [3.63, 3.8) is 0 Å². The minimum absolute atomic E-state index is 0.157. The molecule has 0 spiro atoms. The normalized spacial score (nSPS) is 16.3. The summed E-state index contributed by atoms with van der Waals surface area (Å²) in [6.45, 7) is 6.90. The maximum Gasteiger partial charge on any atom is 0.412 e. The topological polar surface area (TPSA) is 93.7 Å². The van der Waals surface area contributed by atoms with Crippen molar-refractivity contribution in [2.24, 2.45) is 0 Å². The summed E-state index contributed by atoms with van der Waals surface area (Å²) >= 11 is 0. The molecule has 2 amide bonds. The summed E-state index contributed by atoms with van der Waals surface area (Å²) in [5, 5.41) is 5.58. The van der Waals surface area contributed by atoms with E-state index in [-0.39, 0.29) is 11.9 Å². The Balaban J connectivity index is 1.84. The molecule has 0 unspecified atom stereocenters. The van der Waals surface area contributed by atoms with Crippen LogP contribution in [0.5, 0.6) is 0 Å². The fourth-order valence-corrected chi connectivity index (χ4v) is 3.14. The Morgan fingerprint density at radius 1 is 1.00 bits per heavy atom. The molecule has 1 fully saturated rings. The first-order valence-electron chi connectivity index (χ1n) is 10.3. The van der Waals surface area contributed by atoms with Gasteiger partial charge in [0.25, 0.3) is 5.91 Å². The van der Waals surface area contributed by atoms with Crippen LogP contribution in [0.25, 0.3) is 0 Å². The number of nitrogens with one attached hydrogen (secondary N) is 2. The Labute approximate surface area is 172 Å². The lowest BCUT2D eigenvalue weighted by Gasteiger charge is -2.20. The lowest BCUT2D eigenvalue weighted by molar-refractivity contribution is -0.129. The van der Waals surface area contributed by atoms with E-state index in [0.29, 0.717) is 11.3 Å². The van der Waals surface area contributed by atoms with Crippen LogP contribution in [-0.2, 0) is 14.3 Å². The smallest absolute Gasteiger partial charge is 0.412 e. The third-order valence-corrected chi connectivity index (χ3v) is 4.62. The van der Waals surface area contributed by atoms with Crippen molar-refractivity contribution < 1.29 is 23.9 Å². The minimum atomic E-state index is -0.870. The van der Waals surface area contributed by atoms with E-state index in [2.05, 4.69) is 10.6 Å². The van der Waals surface area contributed by atoms with Crippen molar-refractivity contribution in [2.45, 2.75) is 84.0 Å². The van der Waals surface area contributed by atoms with Gasteiger partial charge in [-0.25, -0.2) is 9.59 Å². The Bertz CT molecular complexity index is 701. The van der Waals surface area contributed by atoms with Gasteiger partial charge >= 0.3 is 12.1 Å². The van der Waals surface area contributed by atoms with E-state index in [1.807, 2.05) is 0 Å². The zero-order valence-corrected chi connectivity index (χ0v) is 17.7. The van der Waals surface area contributed by atoms with E-state index in [1.165, 1.54) is 25.0 Å². The number of amides is 2. The van der Waals surface area contributed by atoms with Gasteiger partial charge in [0.1, 0.15) is 5.60 Å². The average molecular weight is 405 g/mol. The summed E-state index contributed by atoms with van der Waals surface area (Å²) in [6, 6.07) is 6.38. The van der Waals surface area contributed by atoms with Gasteiger partial charge in [-0.15, -0.1) is 0 Å². The molecule has 0 bridgehead atoms. The van der Waals surface area contributed by atoms with Crippen LogP contribution in [0.4, 0.5) is 10.5 Å². The van der Waals surface area contributed by atoms with Crippen LogP contribution >= 0.6 is 0 Å². The van der Waals surface area contributed by atoms with Gasteiger partial charge in [-0.1, -0.05) is 25.7 Å². The Morgan fingerprint density at radius 2 is 1.59 bits per heavy atom. The highest BCUT2D eigenvalue weighted by atomic mass is 16.6. The fraction of sp³-hybridized carbons (Fsp3) is 0.591. The van der Waals surface area contributed by atoms with Gasteiger partial charge in [0, 0.05) is 11.7 Å². The van der Waals surface area contributed by atoms with Crippen molar-refractivity contribution >= 4 is 23.7 Å². The average Bonchev–Trinajstić information content (AvgIpc) is 2.89. The van der Waals surface area contributed by atoms with E-state index >= 15 is 0 Å². The fourth-order valence-electron chi connectivity index (χ4n) is 3.14. The minimum Gasteiger partial charge on any atom is -0.449 e. The molecule has 1 atom stereocenters. The van der Waals surface area contributed by atoms with Gasteiger partial charge < -0.3 is 14.8 Å². The summed E-state index contributed by atoms with van der Waals surface area (Å²) in [5.74, 6) is -0.856. The molecule has 0 heterocycles. The second-order valence-corrected chi connectivity index (χ2v) is 8.45. The lowest BCUT2D eigenvalue weighted by atomic mass is 10.1. The Morgan fingerprint density at radius 3 is 2.14 bits per heavy atom. The molecule has 2 rings (SSSR count). The van der Waals surface area contributed by atoms with Gasteiger partial charge in [0.05, 0.1) is 5.56 Å². The third-order valence-electron chi connectivity index (χ3n) is 4.62. The number of benzene rings is 1. The molecule has 0 radical (unpaired) electrons. The number of hydrogen-bond acceptors (Lipinski definition) is 5. The zero-order valence-electron chi connectivity index (χ0n) is 17.7. The number of ether oxygens (including phenoxy) is 2. The highest BCUT2D eigenvalue weighted by molar-refractivity contribution is 5.93. The van der Waals surface area contributed by atoms with Crippen molar-refractivity contribution in [2.75, 3.05) is 5.32 Å². The largest absolute Gasteiger partial charge is 0.449 e. The first kappa shape index (κ1) is 22.7. The molecule has 1 aromatic rings. The van der Waals surface area contributed by atoms with Gasteiger partial charge in [-0.2, -0.15) is 0 Å². The Kier molecular flexibility index (Phi) is 8.05. The van der Waals surface area contributed by atoms with Crippen LogP contribution in [0.1, 0.15) is 76.6 Å². The number of esters is 1. The van der Waals surface area contributed by atoms with Crippen LogP contribution in [0.3, 0.4) is 0 Å². The number of anilines is 1. The maximum atomic E-state index is 12.3. The second kappa shape index (κ2) is 10.3. The summed E-state index contributed by atoms with van der Waals surface area (Å²) in [7, 11) is 0. The number of carbonyl (C=O) groups excluding carboxylic acids is 3. The molecule has 7 nitrogen and oxygen atoms in total. The summed E-state index contributed by atoms with van der Waals surface area (Å²) in [4.78, 5) is 36.4. The summed E-state index contributed by atoms with van der Waals surface area (Å²) in [6.07, 6.45) is 5.13. The van der Waals surface area contributed by atoms with Gasteiger partial charge in [-0.3, -0.25) is 10.1 Å². The van der Waals surface area contributed by atoms with Crippen molar-refractivity contribution in [1.82, 2.24) is 5.32 Å². The SMILES string of the molecule is C[C@@H](OC(=O)c1ccc(NC(=O)OC(C)(C)C)cc1)C(=O)NC1CCCCCC1. The van der Waals surface area contributed by atoms with E-state index in [0.717, 1.165) is 25.7 Å². The summed E-state index contributed by atoms with van der Waals surface area (Å²) in [5.41, 5.74) is 0.199. The maximum absolute atomic E-state index is 12.3. The molecular weight excluding hydrogens is 372 g/mol. The lowest BCUT2D eigenvalue weighted by Crippen LogP contribution is -2.41. The van der Waals surface area contributed by atoms with Crippen molar-refractivity contribution in [3.8, 4) is 0 Å². The summed E-state index contributed by atoms with van der Waals surface area (Å²) < 4.78 is 10.5. The first-order valence-corrected chi connectivity index (χ1v) is 10.3.